The fraction of sp³-hybridized carbons (Fsp3) is 0.333. The highest BCUT2D eigenvalue weighted by Crippen LogP contribution is 2.44. The van der Waals surface area contributed by atoms with Gasteiger partial charge in [-0.05, 0) is 55.8 Å². The van der Waals surface area contributed by atoms with Crippen LogP contribution in [0.15, 0.2) is 41.8 Å². The predicted octanol–water partition coefficient (Wildman–Crippen LogP) is 4.69. The Morgan fingerprint density at radius 3 is 2.92 bits per heavy atom. The second kappa shape index (κ2) is 7.08. The number of amides is 1. The van der Waals surface area contributed by atoms with Gasteiger partial charge in [0.15, 0.2) is 0 Å². The van der Waals surface area contributed by atoms with E-state index in [0.717, 1.165) is 28.9 Å². The highest BCUT2D eigenvalue weighted by molar-refractivity contribution is 7.09. The number of H-pyrrole nitrogens is 1. The number of aromatic amines is 1. The van der Waals surface area contributed by atoms with Gasteiger partial charge in [0.1, 0.15) is 0 Å². The van der Waals surface area contributed by atoms with Gasteiger partial charge in [-0.3, -0.25) is 9.89 Å². The van der Waals surface area contributed by atoms with Gasteiger partial charge < -0.3 is 5.32 Å². The molecule has 1 amide bonds. The van der Waals surface area contributed by atoms with Gasteiger partial charge in [-0.15, -0.1) is 11.3 Å². The van der Waals surface area contributed by atoms with Gasteiger partial charge >= 0.3 is 0 Å². The van der Waals surface area contributed by atoms with Crippen molar-refractivity contribution in [2.75, 3.05) is 0 Å². The van der Waals surface area contributed by atoms with Crippen molar-refractivity contribution in [3.63, 3.8) is 0 Å². The summed E-state index contributed by atoms with van der Waals surface area (Å²) in [5, 5.41) is 12.8. The minimum atomic E-state index is -0.0231. The molecule has 134 valence electrons. The summed E-state index contributed by atoms with van der Waals surface area (Å²) in [6.45, 7) is 4.09. The summed E-state index contributed by atoms with van der Waals surface area (Å²) in [6.07, 6.45) is 3.27. The fourth-order valence-corrected chi connectivity index (χ4v) is 4.20. The third kappa shape index (κ3) is 3.58. The van der Waals surface area contributed by atoms with Gasteiger partial charge in [0.2, 0.25) is 0 Å². The molecule has 2 heterocycles. The molecule has 0 spiro atoms. The molecule has 4 nitrogen and oxygen atoms in total. The molecule has 1 fully saturated rings. The molecule has 1 aliphatic rings. The van der Waals surface area contributed by atoms with Gasteiger partial charge in [0.05, 0.1) is 5.69 Å². The zero-order valence-corrected chi connectivity index (χ0v) is 15.9. The molecule has 0 unspecified atom stereocenters. The number of benzene rings is 1. The number of hydrogen-bond donors (Lipinski definition) is 2. The minimum Gasteiger partial charge on any atom is -0.349 e. The number of carbonyl (C=O) groups excluding carboxylic acids is 1. The number of carbonyl (C=O) groups is 1. The first-order chi connectivity index (χ1) is 12.6. The highest BCUT2D eigenvalue weighted by Gasteiger charge is 2.30. The molecule has 2 N–H and O–H groups in total. The van der Waals surface area contributed by atoms with E-state index in [0.29, 0.717) is 11.5 Å². The maximum atomic E-state index is 12.7. The molecule has 2 aromatic heterocycles. The summed E-state index contributed by atoms with van der Waals surface area (Å²) in [6, 6.07) is 12.1. The number of rotatable bonds is 6. The lowest BCUT2D eigenvalue weighted by atomic mass is 9.99. The van der Waals surface area contributed by atoms with Crippen molar-refractivity contribution in [3.05, 3.63) is 63.6 Å². The molecule has 4 rings (SSSR count). The molecule has 1 saturated carbocycles. The molecular weight excluding hydrogens is 342 g/mol. The van der Waals surface area contributed by atoms with Crippen molar-refractivity contribution in [1.29, 1.82) is 0 Å². The van der Waals surface area contributed by atoms with Crippen molar-refractivity contribution in [1.82, 2.24) is 15.5 Å². The van der Waals surface area contributed by atoms with Gasteiger partial charge in [0, 0.05) is 40.1 Å². The highest BCUT2D eigenvalue weighted by atomic mass is 32.1. The molecule has 1 aromatic carbocycles. The van der Waals surface area contributed by atoms with E-state index < -0.39 is 0 Å². The molecule has 0 radical (unpaired) electrons. The summed E-state index contributed by atoms with van der Waals surface area (Å²) in [5.41, 5.74) is 5.13. The summed E-state index contributed by atoms with van der Waals surface area (Å²) in [4.78, 5) is 14.0. The van der Waals surface area contributed by atoms with Crippen LogP contribution in [0.4, 0.5) is 0 Å². The molecular formula is C21H23N3OS. The van der Waals surface area contributed by atoms with Crippen LogP contribution < -0.4 is 5.32 Å². The number of aryl methyl sites for hydroxylation is 1. The van der Waals surface area contributed by atoms with Crippen LogP contribution in [-0.2, 0) is 6.42 Å². The van der Waals surface area contributed by atoms with Crippen LogP contribution in [0, 0.1) is 6.92 Å². The molecule has 5 heteroatoms. The average Bonchev–Trinajstić information content (AvgIpc) is 3.21. The topological polar surface area (TPSA) is 57.8 Å². The van der Waals surface area contributed by atoms with E-state index in [1.165, 1.54) is 17.7 Å². The van der Waals surface area contributed by atoms with E-state index in [1.54, 1.807) is 11.3 Å². The quantitative estimate of drug-likeness (QED) is 0.666. The zero-order chi connectivity index (χ0) is 18.1. The Bertz CT molecular complexity index is 909. The first-order valence-electron chi connectivity index (χ1n) is 9.10. The van der Waals surface area contributed by atoms with Gasteiger partial charge in [-0.2, -0.15) is 5.10 Å². The minimum absolute atomic E-state index is 0.0231. The molecule has 1 atom stereocenters. The van der Waals surface area contributed by atoms with Gasteiger partial charge in [-0.25, -0.2) is 0 Å². The van der Waals surface area contributed by atoms with E-state index in [1.807, 2.05) is 38.1 Å². The molecule has 3 aromatic rings. The normalized spacial score (nSPS) is 15.0. The Kier molecular flexibility index (Phi) is 4.64. The lowest BCUT2D eigenvalue weighted by Gasteiger charge is -2.14. The fourth-order valence-electron chi connectivity index (χ4n) is 3.37. The number of aromatic nitrogens is 2. The maximum absolute atomic E-state index is 12.7. The Morgan fingerprint density at radius 1 is 1.35 bits per heavy atom. The standard InChI is InChI=1S/C21H23N3OS/c1-13(11-18-7-4-10-26-18)22-21(25)17-6-3-5-16(12-17)19-14(2)23-24-20(19)15-8-9-15/h3-7,10,12-13,15H,8-9,11H2,1-2H3,(H,22,25)(H,23,24)/t13-/m1/s1. The van der Waals surface area contributed by atoms with Crippen LogP contribution >= 0.6 is 11.3 Å². The van der Waals surface area contributed by atoms with Gasteiger partial charge in [0.25, 0.3) is 5.91 Å². The van der Waals surface area contributed by atoms with E-state index in [4.69, 9.17) is 0 Å². The van der Waals surface area contributed by atoms with Crippen LogP contribution in [0.3, 0.4) is 0 Å². The summed E-state index contributed by atoms with van der Waals surface area (Å²) < 4.78 is 0. The Balaban J connectivity index is 1.52. The first kappa shape index (κ1) is 17.0. The SMILES string of the molecule is Cc1[nH]nc(C2CC2)c1-c1cccc(C(=O)N[C@H](C)Cc2cccs2)c1. The molecule has 0 saturated heterocycles. The van der Waals surface area contributed by atoms with E-state index in [2.05, 4.69) is 33.0 Å². The second-order valence-electron chi connectivity index (χ2n) is 7.12. The predicted molar refractivity (Wildman–Crippen MR) is 106 cm³/mol. The monoisotopic (exact) mass is 365 g/mol. The average molecular weight is 366 g/mol. The number of thiophene rings is 1. The second-order valence-corrected chi connectivity index (χ2v) is 8.15. The number of nitrogens with zero attached hydrogens (tertiary/aromatic N) is 1. The van der Waals surface area contributed by atoms with Crippen molar-refractivity contribution in [2.45, 2.75) is 45.1 Å². The first-order valence-corrected chi connectivity index (χ1v) is 9.98. The van der Waals surface area contributed by atoms with E-state index in [9.17, 15) is 4.79 Å². The van der Waals surface area contributed by atoms with Crippen LogP contribution in [-0.4, -0.2) is 22.1 Å². The summed E-state index contributed by atoms with van der Waals surface area (Å²) in [5.74, 6) is 0.545. The van der Waals surface area contributed by atoms with Crippen molar-refractivity contribution in [2.24, 2.45) is 0 Å². The van der Waals surface area contributed by atoms with E-state index >= 15 is 0 Å². The van der Waals surface area contributed by atoms with Crippen molar-refractivity contribution in [3.8, 4) is 11.1 Å². The third-order valence-corrected chi connectivity index (χ3v) is 5.72. The lowest BCUT2D eigenvalue weighted by Crippen LogP contribution is -2.33. The van der Waals surface area contributed by atoms with Crippen molar-refractivity contribution < 1.29 is 4.79 Å². The van der Waals surface area contributed by atoms with Crippen LogP contribution in [0.2, 0.25) is 0 Å². The summed E-state index contributed by atoms with van der Waals surface area (Å²) >= 11 is 1.72. The van der Waals surface area contributed by atoms with Crippen molar-refractivity contribution >= 4 is 17.2 Å². The Hall–Kier alpha value is -2.40. The molecule has 0 aliphatic heterocycles. The van der Waals surface area contributed by atoms with Crippen LogP contribution in [0.5, 0.6) is 0 Å². The molecule has 0 bridgehead atoms. The summed E-state index contributed by atoms with van der Waals surface area (Å²) in [7, 11) is 0. The molecule has 1 aliphatic carbocycles. The Morgan fingerprint density at radius 2 is 2.19 bits per heavy atom. The van der Waals surface area contributed by atoms with Crippen LogP contribution in [0.25, 0.3) is 11.1 Å². The Labute approximate surface area is 157 Å². The molecule has 26 heavy (non-hydrogen) atoms. The smallest absolute Gasteiger partial charge is 0.251 e. The third-order valence-electron chi connectivity index (χ3n) is 4.82. The van der Waals surface area contributed by atoms with Gasteiger partial charge in [-0.1, -0.05) is 18.2 Å². The zero-order valence-electron chi connectivity index (χ0n) is 15.1. The number of nitrogens with one attached hydrogen (secondary N) is 2. The largest absolute Gasteiger partial charge is 0.349 e. The van der Waals surface area contributed by atoms with E-state index in [-0.39, 0.29) is 11.9 Å². The van der Waals surface area contributed by atoms with Crippen LogP contribution in [0.1, 0.15) is 52.3 Å². The maximum Gasteiger partial charge on any atom is 0.251 e. The number of hydrogen-bond acceptors (Lipinski definition) is 3. The lowest BCUT2D eigenvalue weighted by molar-refractivity contribution is 0.0940.